The molecular weight excluding hydrogens is 420 g/mol. The van der Waals surface area contributed by atoms with E-state index in [4.69, 9.17) is 9.84 Å². The second-order valence-electron chi connectivity index (χ2n) is 9.24. The molecule has 0 heterocycles. The highest BCUT2D eigenvalue weighted by molar-refractivity contribution is 5.86. The van der Waals surface area contributed by atoms with Crippen molar-refractivity contribution in [1.29, 1.82) is 0 Å². The van der Waals surface area contributed by atoms with Crippen molar-refractivity contribution in [1.82, 2.24) is 10.2 Å². The Labute approximate surface area is 194 Å². The summed E-state index contributed by atoms with van der Waals surface area (Å²) in [6, 6.07) is 15.4. The number of aliphatic carboxylic acids is 1. The first kappa shape index (κ1) is 24.3. The summed E-state index contributed by atoms with van der Waals surface area (Å²) in [6.07, 6.45) is -0.461. The molecule has 2 aromatic rings. The third-order valence-corrected chi connectivity index (χ3v) is 5.97. The van der Waals surface area contributed by atoms with Gasteiger partial charge in [-0.3, -0.25) is 9.59 Å². The molecule has 0 fully saturated rings. The van der Waals surface area contributed by atoms with Crippen LogP contribution in [0.2, 0.25) is 0 Å². The lowest BCUT2D eigenvalue weighted by Gasteiger charge is -2.37. The number of carboxylic acid groups (broad SMARTS) is 1. The van der Waals surface area contributed by atoms with Gasteiger partial charge in [-0.25, -0.2) is 4.79 Å². The van der Waals surface area contributed by atoms with E-state index in [-0.39, 0.29) is 31.4 Å². The van der Waals surface area contributed by atoms with E-state index < -0.39 is 23.6 Å². The number of carbonyl (C=O) groups is 3. The summed E-state index contributed by atoms with van der Waals surface area (Å²) in [5.74, 6) is -1.37. The number of benzene rings is 2. The number of carbonyl (C=O) groups excluding carboxylic acids is 2. The Morgan fingerprint density at radius 3 is 2.06 bits per heavy atom. The van der Waals surface area contributed by atoms with Gasteiger partial charge in [0.15, 0.2) is 0 Å². The highest BCUT2D eigenvalue weighted by Gasteiger charge is 2.33. The predicted octanol–water partition coefficient (Wildman–Crippen LogP) is 4.41. The monoisotopic (exact) mass is 452 g/mol. The first-order valence-corrected chi connectivity index (χ1v) is 11.3. The summed E-state index contributed by atoms with van der Waals surface area (Å²) >= 11 is 0. The molecule has 0 aliphatic heterocycles. The van der Waals surface area contributed by atoms with Gasteiger partial charge in [0, 0.05) is 18.0 Å². The Morgan fingerprint density at radius 2 is 1.58 bits per heavy atom. The van der Waals surface area contributed by atoms with E-state index in [1.807, 2.05) is 57.2 Å². The molecule has 0 aromatic heterocycles. The van der Waals surface area contributed by atoms with Crippen LogP contribution in [0, 0.1) is 0 Å². The molecule has 2 N–H and O–H groups in total. The predicted molar refractivity (Wildman–Crippen MR) is 126 cm³/mol. The molecule has 0 saturated heterocycles. The van der Waals surface area contributed by atoms with Crippen molar-refractivity contribution in [3.05, 3.63) is 59.7 Å². The third-order valence-electron chi connectivity index (χ3n) is 5.97. The van der Waals surface area contributed by atoms with E-state index in [1.165, 1.54) is 4.90 Å². The maximum atomic E-state index is 13.1. The van der Waals surface area contributed by atoms with Gasteiger partial charge in [-0.1, -0.05) is 55.5 Å². The van der Waals surface area contributed by atoms with Crippen LogP contribution < -0.4 is 5.32 Å². The molecule has 0 radical (unpaired) electrons. The zero-order chi connectivity index (χ0) is 24.2. The van der Waals surface area contributed by atoms with Crippen molar-refractivity contribution in [3.8, 4) is 11.1 Å². The Bertz CT molecular complexity index is 982. The van der Waals surface area contributed by atoms with E-state index in [0.29, 0.717) is 6.42 Å². The molecule has 0 bridgehead atoms. The van der Waals surface area contributed by atoms with E-state index >= 15 is 0 Å². The molecule has 2 aromatic carbocycles. The average molecular weight is 453 g/mol. The van der Waals surface area contributed by atoms with Crippen LogP contribution in [0.25, 0.3) is 11.1 Å². The SMILES string of the molecule is CC[C@H](NC(=O)OCC1c2ccccc2-c2ccccc21)C(=O)N(CCC(=O)O)C(C)(C)C. The van der Waals surface area contributed by atoms with Gasteiger partial charge in [0.05, 0.1) is 6.42 Å². The number of fused-ring (bicyclic) bond motifs is 3. The molecule has 7 heteroatoms. The van der Waals surface area contributed by atoms with Crippen LogP contribution in [0.1, 0.15) is 57.6 Å². The standard InChI is InChI=1S/C26H32N2O5/c1-5-22(24(31)28(26(2,3)4)15-14-23(29)30)27-25(32)33-16-21-19-12-8-6-10-17(19)18-11-7-9-13-20(18)21/h6-13,21-22H,5,14-16H2,1-4H3,(H,27,32)(H,29,30)/t22-/m0/s1. The minimum atomic E-state index is -0.977. The van der Waals surface area contributed by atoms with Crippen molar-refractivity contribution >= 4 is 18.0 Å². The molecule has 3 rings (SSSR count). The number of nitrogens with zero attached hydrogens (tertiary/aromatic N) is 1. The van der Waals surface area contributed by atoms with E-state index in [2.05, 4.69) is 17.4 Å². The second-order valence-corrected chi connectivity index (χ2v) is 9.24. The van der Waals surface area contributed by atoms with Crippen LogP contribution >= 0.6 is 0 Å². The Kier molecular flexibility index (Phi) is 7.41. The van der Waals surface area contributed by atoms with Crippen LogP contribution in [-0.2, 0) is 14.3 Å². The summed E-state index contributed by atoms with van der Waals surface area (Å²) in [6.45, 7) is 7.55. The van der Waals surface area contributed by atoms with Gasteiger partial charge in [-0.15, -0.1) is 0 Å². The third kappa shape index (κ3) is 5.53. The second kappa shape index (κ2) is 10.1. The summed E-state index contributed by atoms with van der Waals surface area (Å²) in [5, 5.41) is 11.7. The zero-order valence-electron chi connectivity index (χ0n) is 19.6. The van der Waals surface area contributed by atoms with Crippen LogP contribution in [0.3, 0.4) is 0 Å². The highest BCUT2D eigenvalue weighted by atomic mass is 16.5. The molecule has 7 nitrogen and oxygen atoms in total. The van der Waals surface area contributed by atoms with E-state index in [0.717, 1.165) is 22.3 Å². The molecule has 176 valence electrons. The van der Waals surface area contributed by atoms with Gasteiger partial charge in [0.2, 0.25) is 5.91 Å². The molecule has 0 saturated carbocycles. The van der Waals surface area contributed by atoms with Crippen LogP contribution in [0.5, 0.6) is 0 Å². The Morgan fingerprint density at radius 1 is 1.03 bits per heavy atom. The van der Waals surface area contributed by atoms with Crippen molar-refractivity contribution < 1.29 is 24.2 Å². The van der Waals surface area contributed by atoms with E-state index in [1.54, 1.807) is 6.92 Å². The molecule has 1 aliphatic carbocycles. The number of ether oxygens (including phenoxy) is 1. The minimum Gasteiger partial charge on any atom is -0.481 e. The number of carboxylic acids is 1. The van der Waals surface area contributed by atoms with Gasteiger partial charge < -0.3 is 20.1 Å². The lowest BCUT2D eigenvalue weighted by molar-refractivity contribution is -0.141. The zero-order valence-corrected chi connectivity index (χ0v) is 19.6. The first-order chi connectivity index (χ1) is 15.6. The van der Waals surface area contributed by atoms with Crippen LogP contribution in [0.15, 0.2) is 48.5 Å². The summed E-state index contributed by atoms with van der Waals surface area (Å²) < 4.78 is 5.57. The normalized spacial score (nSPS) is 13.6. The average Bonchev–Trinajstić information content (AvgIpc) is 3.08. The molecular formula is C26H32N2O5. The number of nitrogens with one attached hydrogen (secondary N) is 1. The molecule has 33 heavy (non-hydrogen) atoms. The summed E-state index contributed by atoms with van der Waals surface area (Å²) in [5.41, 5.74) is 3.93. The van der Waals surface area contributed by atoms with Gasteiger partial charge in [-0.05, 0) is 49.4 Å². The fraction of sp³-hybridized carbons (Fsp3) is 0.423. The molecule has 0 unspecified atom stereocenters. The lowest BCUT2D eigenvalue weighted by Crippen LogP contribution is -2.55. The van der Waals surface area contributed by atoms with Gasteiger partial charge in [0.1, 0.15) is 12.6 Å². The summed E-state index contributed by atoms with van der Waals surface area (Å²) in [7, 11) is 0. The largest absolute Gasteiger partial charge is 0.481 e. The molecule has 0 spiro atoms. The molecule has 1 aliphatic rings. The summed E-state index contributed by atoms with van der Waals surface area (Å²) in [4.78, 5) is 38.3. The number of alkyl carbamates (subject to hydrolysis) is 1. The number of amides is 2. The lowest BCUT2D eigenvalue weighted by atomic mass is 9.98. The fourth-order valence-corrected chi connectivity index (χ4v) is 4.29. The quantitative estimate of drug-likeness (QED) is 0.619. The van der Waals surface area contributed by atoms with Crippen molar-refractivity contribution in [2.45, 2.75) is 58.0 Å². The topological polar surface area (TPSA) is 95.9 Å². The molecule has 2 amide bonds. The maximum absolute atomic E-state index is 13.1. The Hall–Kier alpha value is -3.35. The number of hydrogen-bond donors (Lipinski definition) is 2. The van der Waals surface area contributed by atoms with Gasteiger partial charge in [-0.2, -0.15) is 0 Å². The highest BCUT2D eigenvalue weighted by Crippen LogP contribution is 2.44. The van der Waals surface area contributed by atoms with Gasteiger partial charge in [0.25, 0.3) is 0 Å². The number of hydrogen-bond acceptors (Lipinski definition) is 4. The van der Waals surface area contributed by atoms with Crippen molar-refractivity contribution in [2.24, 2.45) is 0 Å². The van der Waals surface area contributed by atoms with Crippen LogP contribution in [0.4, 0.5) is 4.79 Å². The molecule has 1 atom stereocenters. The number of rotatable bonds is 8. The van der Waals surface area contributed by atoms with Crippen molar-refractivity contribution in [3.63, 3.8) is 0 Å². The first-order valence-electron chi connectivity index (χ1n) is 11.3. The fourth-order valence-electron chi connectivity index (χ4n) is 4.29. The smallest absolute Gasteiger partial charge is 0.407 e. The Balaban J connectivity index is 1.67. The minimum absolute atomic E-state index is 0.0689. The van der Waals surface area contributed by atoms with E-state index in [9.17, 15) is 14.4 Å². The van der Waals surface area contributed by atoms with Gasteiger partial charge >= 0.3 is 12.1 Å². The van der Waals surface area contributed by atoms with Crippen molar-refractivity contribution in [2.75, 3.05) is 13.2 Å². The van der Waals surface area contributed by atoms with Crippen LogP contribution in [-0.4, -0.2) is 52.7 Å². The maximum Gasteiger partial charge on any atom is 0.407 e.